The molecule has 6 nitrogen and oxygen atoms in total. The lowest BCUT2D eigenvalue weighted by atomic mass is 10.0. The van der Waals surface area contributed by atoms with E-state index in [0.717, 1.165) is 5.56 Å². The summed E-state index contributed by atoms with van der Waals surface area (Å²) in [6.07, 6.45) is 2.07. The summed E-state index contributed by atoms with van der Waals surface area (Å²) < 4.78 is 5.70. The molecule has 0 saturated carbocycles. The molecule has 1 aliphatic rings. The first-order valence-electron chi connectivity index (χ1n) is 7.39. The molecule has 7 heteroatoms. The molecule has 0 bridgehead atoms. The van der Waals surface area contributed by atoms with Gasteiger partial charge in [0.25, 0.3) is 0 Å². The Kier molecular flexibility index (Phi) is 6.43. The Hall–Kier alpha value is -2.05. The highest BCUT2D eigenvalue weighted by molar-refractivity contribution is 6.30. The average Bonchev–Trinajstić information content (AvgIpc) is 2.99. The van der Waals surface area contributed by atoms with Crippen LogP contribution in [0.15, 0.2) is 36.9 Å². The number of carbonyl (C=O) groups is 2. The number of carbonyl (C=O) groups excluding carboxylic acids is 2. The number of nitrogens with one attached hydrogen (secondary N) is 3. The predicted molar refractivity (Wildman–Crippen MR) is 88.3 cm³/mol. The van der Waals surface area contributed by atoms with Gasteiger partial charge in [-0.2, -0.15) is 0 Å². The molecule has 0 aromatic heterocycles. The van der Waals surface area contributed by atoms with Gasteiger partial charge >= 0.3 is 6.03 Å². The second-order valence-electron chi connectivity index (χ2n) is 5.16. The Balaban J connectivity index is 1.83. The summed E-state index contributed by atoms with van der Waals surface area (Å²) in [6, 6.07) is 6.81. The molecule has 2 atom stereocenters. The van der Waals surface area contributed by atoms with Gasteiger partial charge < -0.3 is 20.7 Å². The first kappa shape index (κ1) is 17.3. The number of halogens is 1. The fourth-order valence-corrected chi connectivity index (χ4v) is 2.47. The van der Waals surface area contributed by atoms with Crippen LogP contribution in [-0.4, -0.2) is 37.7 Å². The van der Waals surface area contributed by atoms with Gasteiger partial charge in [0, 0.05) is 18.2 Å². The first-order chi connectivity index (χ1) is 11.1. The van der Waals surface area contributed by atoms with Crippen LogP contribution >= 0.6 is 11.6 Å². The highest BCUT2D eigenvalue weighted by Gasteiger charge is 2.30. The molecule has 23 heavy (non-hydrogen) atoms. The normalized spacial score (nSPS) is 19.9. The van der Waals surface area contributed by atoms with Crippen molar-refractivity contribution in [3.63, 3.8) is 0 Å². The molecule has 2 rings (SSSR count). The van der Waals surface area contributed by atoms with E-state index in [1.54, 1.807) is 18.2 Å². The van der Waals surface area contributed by atoms with Crippen LogP contribution in [0.4, 0.5) is 4.79 Å². The van der Waals surface area contributed by atoms with Crippen molar-refractivity contribution in [3.05, 3.63) is 47.5 Å². The summed E-state index contributed by atoms with van der Waals surface area (Å²) in [5.74, 6) is -0.267. The van der Waals surface area contributed by atoms with E-state index >= 15 is 0 Å². The number of amides is 3. The molecular formula is C16H20ClN3O3. The molecule has 1 fully saturated rings. The van der Waals surface area contributed by atoms with E-state index in [2.05, 4.69) is 22.5 Å². The highest BCUT2D eigenvalue weighted by Crippen LogP contribution is 2.29. The number of benzene rings is 1. The zero-order valence-electron chi connectivity index (χ0n) is 12.7. The van der Waals surface area contributed by atoms with Gasteiger partial charge in [-0.15, -0.1) is 6.58 Å². The van der Waals surface area contributed by atoms with Gasteiger partial charge in [0.1, 0.15) is 6.10 Å². The van der Waals surface area contributed by atoms with E-state index < -0.39 is 6.03 Å². The SMILES string of the molecule is C=CCNC(=O)CNC(=O)N[C@@H]1CCO[C@H]1c1ccc(Cl)cc1. The van der Waals surface area contributed by atoms with Crippen molar-refractivity contribution >= 4 is 23.5 Å². The fraction of sp³-hybridized carbons (Fsp3) is 0.375. The Morgan fingerprint density at radius 2 is 2.04 bits per heavy atom. The topological polar surface area (TPSA) is 79.5 Å². The molecule has 1 aromatic rings. The van der Waals surface area contributed by atoms with Crippen molar-refractivity contribution in [1.82, 2.24) is 16.0 Å². The fourth-order valence-electron chi connectivity index (χ4n) is 2.35. The van der Waals surface area contributed by atoms with Crippen LogP contribution in [0.3, 0.4) is 0 Å². The van der Waals surface area contributed by atoms with Crippen molar-refractivity contribution in [2.45, 2.75) is 18.6 Å². The first-order valence-corrected chi connectivity index (χ1v) is 7.77. The molecule has 0 spiro atoms. The van der Waals surface area contributed by atoms with E-state index in [0.29, 0.717) is 24.6 Å². The minimum absolute atomic E-state index is 0.0845. The number of urea groups is 1. The Labute approximate surface area is 140 Å². The monoisotopic (exact) mass is 337 g/mol. The van der Waals surface area contributed by atoms with Crippen molar-refractivity contribution in [2.24, 2.45) is 0 Å². The van der Waals surface area contributed by atoms with Crippen LogP contribution in [0.2, 0.25) is 5.02 Å². The molecular weight excluding hydrogens is 318 g/mol. The highest BCUT2D eigenvalue weighted by atomic mass is 35.5. The van der Waals surface area contributed by atoms with E-state index in [9.17, 15) is 9.59 Å². The number of hydrogen-bond acceptors (Lipinski definition) is 3. The third-order valence-corrected chi connectivity index (χ3v) is 3.71. The van der Waals surface area contributed by atoms with Gasteiger partial charge in [-0.25, -0.2) is 4.79 Å². The van der Waals surface area contributed by atoms with Crippen LogP contribution in [0, 0.1) is 0 Å². The van der Waals surface area contributed by atoms with Crippen LogP contribution in [-0.2, 0) is 9.53 Å². The number of rotatable bonds is 6. The summed E-state index contributed by atoms with van der Waals surface area (Å²) in [5.41, 5.74) is 0.959. The van der Waals surface area contributed by atoms with Crippen molar-refractivity contribution in [1.29, 1.82) is 0 Å². The van der Waals surface area contributed by atoms with Crippen LogP contribution in [0.25, 0.3) is 0 Å². The van der Waals surface area contributed by atoms with Crippen LogP contribution in [0.1, 0.15) is 18.1 Å². The minimum Gasteiger partial charge on any atom is -0.371 e. The quantitative estimate of drug-likeness (QED) is 0.692. The molecule has 1 heterocycles. The molecule has 1 aliphatic heterocycles. The van der Waals surface area contributed by atoms with E-state index in [1.807, 2.05) is 12.1 Å². The maximum absolute atomic E-state index is 11.9. The zero-order valence-corrected chi connectivity index (χ0v) is 13.4. The summed E-state index contributed by atoms with van der Waals surface area (Å²) in [6.45, 7) is 4.36. The second-order valence-corrected chi connectivity index (χ2v) is 5.59. The smallest absolute Gasteiger partial charge is 0.315 e. The number of hydrogen-bond donors (Lipinski definition) is 3. The van der Waals surface area contributed by atoms with Crippen molar-refractivity contribution in [3.8, 4) is 0 Å². The van der Waals surface area contributed by atoms with Gasteiger partial charge in [-0.3, -0.25) is 4.79 Å². The van der Waals surface area contributed by atoms with Gasteiger partial charge in [0.05, 0.1) is 12.6 Å². The lowest BCUT2D eigenvalue weighted by Crippen LogP contribution is -2.46. The molecule has 1 aromatic carbocycles. The van der Waals surface area contributed by atoms with Gasteiger partial charge in [-0.1, -0.05) is 29.8 Å². The molecule has 3 N–H and O–H groups in total. The standard InChI is InChI=1S/C16H20ClN3O3/c1-2-8-18-14(21)10-19-16(22)20-13-7-9-23-15(13)11-3-5-12(17)6-4-11/h2-6,13,15H,1,7-10H2,(H,18,21)(H2,19,20,22)/t13-,15+/m1/s1. The Bertz CT molecular complexity index is 562. The third-order valence-electron chi connectivity index (χ3n) is 3.46. The Morgan fingerprint density at radius 1 is 1.30 bits per heavy atom. The molecule has 3 amide bonds. The lowest BCUT2D eigenvalue weighted by molar-refractivity contribution is -0.119. The van der Waals surface area contributed by atoms with Crippen molar-refractivity contribution < 1.29 is 14.3 Å². The largest absolute Gasteiger partial charge is 0.371 e. The van der Waals surface area contributed by atoms with Gasteiger partial charge in [-0.05, 0) is 24.1 Å². The van der Waals surface area contributed by atoms with Gasteiger partial charge in [0.15, 0.2) is 0 Å². The molecule has 0 radical (unpaired) electrons. The van der Waals surface area contributed by atoms with Gasteiger partial charge in [0.2, 0.25) is 5.91 Å². The van der Waals surface area contributed by atoms with Crippen LogP contribution in [0.5, 0.6) is 0 Å². The maximum atomic E-state index is 11.9. The summed E-state index contributed by atoms with van der Waals surface area (Å²) in [7, 11) is 0. The summed E-state index contributed by atoms with van der Waals surface area (Å²) in [4.78, 5) is 23.3. The number of ether oxygens (including phenoxy) is 1. The predicted octanol–water partition coefficient (Wildman–Crippen LogP) is 1.77. The third kappa shape index (κ3) is 5.26. The van der Waals surface area contributed by atoms with Crippen molar-refractivity contribution in [2.75, 3.05) is 19.7 Å². The lowest BCUT2D eigenvalue weighted by Gasteiger charge is -2.20. The Morgan fingerprint density at radius 3 is 2.74 bits per heavy atom. The molecule has 1 saturated heterocycles. The van der Waals surface area contributed by atoms with E-state index in [1.165, 1.54) is 0 Å². The summed E-state index contributed by atoms with van der Waals surface area (Å²) in [5, 5.41) is 8.61. The minimum atomic E-state index is -0.395. The molecule has 0 aliphatic carbocycles. The summed E-state index contributed by atoms with van der Waals surface area (Å²) >= 11 is 5.88. The maximum Gasteiger partial charge on any atom is 0.315 e. The molecule has 124 valence electrons. The van der Waals surface area contributed by atoms with Crippen LogP contribution < -0.4 is 16.0 Å². The second kappa shape index (κ2) is 8.55. The zero-order chi connectivity index (χ0) is 16.7. The average molecular weight is 338 g/mol. The molecule has 0 unspecified atom stereocenters. The van der Waals surface area contributed by atoms with E-state index in [4.69, 9.17) is 16.3 Å². The van der Waals surface area contributed by atoms with E-state index in [-0.39, 0.29) is 24.6 Å².